The largest absolute Gasteiger partial charge is 0.367 e. The Balaban J connectivity index is 1.36. The van der Waals surface area contributed by atoms with Crippen molar-refractivity contribution in [2.75, 3.05) is 38.0 Å². The molecule has 2 aromatic heterocycles. The van der Waals surface area contributed by atoms with Crippen LogP contribution < -0.4 is 16.2 Å². The second kappa shape index (κ2) is 10.1. The molecular formula is C23H33N7O. The Labute approximate surface area is 183 Å². The third-order valence-electron chi connectivity index (χ3n) is 6.09. The topological polar surface area (TPSA) is 90.9 Å². The van der Waals surface area contributed by atoms with E-state index in [0.717, 1.165) is 52.0 Å². The summed E-state index contributed by atoms with van der Waals surface area (Å²) in [5.41, 5.74) is 4.89. The number of pyridine rings is 1. The van der Waals surface area contributed by atoms with Crippen LogP contribution in [-0.2, 0) is 19.5 Å². The molecule has 8 nitrogen and oxygen atoms in total. The fourth-order valence-electron chi connectivity index (χ4n) is 4.21. The lowest BCUT2D eigenvalue weighted by molar-refractivity contribution is 0.235. The summed E-state index contributed by atoms with van der Waals surface area (Å²) in [6.07, 6.45) is 3.09. The first kappa shape index (κ1) is 21.5. The van der Waals surface area contributed by atoms with Crippen LogP contribution in [0, 0.1) is 6.92 Å². The second-order valence-electron chi connectivity index (χ2n) is 8.33. The summed E-state index contributed by atoms with van der Waals surface area (Å²) in [5, 5.41) is 15.2. The molecule has 166 valence electrons. The number of aromatic nitrogens is 4. The minimum absolute atomic E-state index is 0.148. The number of H-pyrrole nitrogens is 1. The number of aryl methyl sites for hydroxylation is 3. The number of unbranched alkanes of at least 4 members (excludes halogenated alkanes) is 1. The molecule has 0 spiro atoms. The lowest BCUT2D eigenvalue weighted by Gasteiger charge is -2.26. The normalized spacial score (nSPS) is 14.9. The molecule has 0 aliphatic carbocycles. The molecule has 0 unspecified atom stereocenters. The fraction of sp³-hybridized carbons (Fsp3) is 0.522. The van der Waals surface area contributed by atoms with Gasteiger partial charge in [-0.05, 0) is 49.4 Å². The van der Waals surface area contributed by atoms with Crippen LogP contribution in [0.25, 0.3) is 11.0 Å². The van der Waals surface area contributed by atoms with Gasteiger partial charge in [-0.1, -0.05) is 30.3 Å². The Kier molecular flexibility index (Phi) is 6.99. The highest BCUT2D eigenvalue weighted by molar-refractivity contribution is 5.76. The van der Waals surface area contributed by atoms with Crippen LogP contribution in [0.15, 0.2) is 29.1 Å². The molecule has 0 saturated carbocycles. The average molecular weight is 424 g/mol. The van der Waals surface area contributed by atoms with Gasteiger partial charge in [0.25, 0.3) is 5.56 Å². The van der Waals surface area contributed by atoms with Gasteiger partial charge in [0.1, 0.15) is 11.3 Å². The minimum atomic E-state index is -0.148. The zero-order chi connectivity index (χ0) is 21.6. The summed E-state index contributed by atoms with van der Waals surface area (Å²) in [5.74, 6) is 0.668. The van der Waals surface area contributed by atoms with E-state index in [1.807, 2.05) is 6.07 Å². The van der Waals surface area contributed by atoms with Crippen molar-refractivity contribution in [1.82, 2.24) is 30.2 Å². The van der Waals surface area contributed by atoms with Gasteiger partial charge in [-0.25, -0.2) is 4.68 Å². The van der Waals surface area contributed by atoms with Crippen molar-refractivity contribution in [3.05, 3.63) is 51.3 Å². The molecule has 1 aliphatic heterocycles. The van der Waals surface area contributed by atoms with Gasteiger partial charge in [0.05, 0.1) is 0 Å². The molecule has 0 amide bonds. The van der Waals surface area contributed by atoms with E-state index < -0.39 is 0 Å². The van der Waals surface area contributed by atoms with Crippen molar-refractivity contribution in [3.8, 4) is 0 Å². The Bertz CT molecular complexity index is 1070. The molecule has 3 N–H and O–H groups in total. The van der Waals surface area contributed by atoms with Gasteiger partial charge in [0, 0.05) is 45.3 Å². The third-order valence-corrected chi connectivity index (χ3v) is 6.09. The molecule has 1 aliphatic rings. The number of anilines is 1. The van der Waals surface area contributed by atoms with E-state index in [2.05, 4.69) is 62.9 Å². The van der Waals surface area contributed by atoms with E-state index in [4.69, 9.17) is 0 Å². The Morgan fingerprint density at radius 3 is 2.74 bits per heavy atom. The molecule has 8 heteroatoms. The molecule has 3 heterocycles. The van der Waals surface area contributed by atoms with Crippen LogP contribution in [0.2, 0.25) is 0 Å². The Morgan fingerprint density at radius 1 is 1.13 bits per heavy atom. The highest BCUT2D eigenvalue weighted by Gasteiger charge is 2.12. The summed E-state index contributed by atoms with van der Waals surface area (Å²) in [4.78, 5) is 18.1. The van der Waals surface area contributed by atoms with Crippen molar-refractivity contribution >= 4 is 16.9 Å². The van der Waals surface area contributed by atoms with Crippen LogP contribution in [0.1, 0.15) is 36.5 Å². The van der Waals surface area contributed by atoms with Crippen LogP contribution >= 0.6 is 0 Å². The van der Waals surface area contributed by atoms with Crippen LogP contribution in [0.3, 0.4) is 0 Å². The zero-order valence-electron chi connectivity index (χ0n) is 18.6. The molecule has 0 radical (unpaired) electrons. The van der Waals surface area contributed by atoms with Crippen LogP contribution in [0.4, 0.5) is 5.82 Å². The highest BCUT2D eigenvalue weighted by atomic mass is 16.1. The maximum absolute atomic E-state index is 12.7. The van der Waals surface area contributed by atoms with E-state index in [1.165, 1.54) is 16.7 Å². The van der Waals surface area contributed by atoms with Gasteiger partial charge >= 0.3 is 0 Å². The van der Waals surface area contributed by atoms with Crippen molar-refractivity contribution in [2.24, 2.45) is 0 Å². The number of hydrogen-bond acceptors (Lipinski definition) is 6. The number of fused-ring (bicyclic) bond motifs is 1. The van der Waals surface area contributed by atoms with Crippen molar-refractivity contribution in [1.29, 1.82) is 0 Å². The molecule has 1 saturated heterocycles. The summed E-state index contributed by atoms with van der Waals surface area (Å²) in [6.45, 7) is 11.1. The monoisotopic (exact) mass is 423 g/mol. The lowest BCUT2D eigenvalue weighted by atomic mass is 10.0. The van der Waals surface area contributed by atoms with E-state index in [9.17, 15) is 4.79 Å². The predicted octanol–water partition coefficient (Wildman–Crippen LogP) is 2.29. The number of benzene rings is 1. The molecule has 1 fully saturated rings. The highest BCUT2D eigenvalue weighted by Crippen LogP contribution is 2.15. The summed E-state index contributed by atoms with van der Waals surface area (Å²) in [7, 11) is 0. The van der Waals surface area contributed by atoms with Crippen LogP contribution in [-0.4, -0.2) is 57.6 Å². The van der Waals surface area contributed by atoms with Gasteiger partial charge in [0.2, 0.25) is 0 Å². The number of aromatic amines is 1. The Hall–Kier alpha value is -2.71. The molecule has 31 heavy (non-hydrogen) atoms. The quantitative estimate of drug-likeness (QED) is 0.458. The third kappa shape index (κ3) is 5.32. The van der Waals surface area contributed by atoms with Gasteiger partial charge in [-0.15, -0.1) is 5.10 Å². The fourth-order valence-corrected chi connectivity index (χ4v) is 4.21. The second-order valence-corrected chi connectivity index (χ2v) is 8.33. The van der Waals surface area contributed by atoms with E-state index >= 15 is 0 Å². The standard InChI is InChI=1S/C23H33N7O/c1-3-19-14-18(7-6-17(19)2)16-25-21-15-20-22(23(31)26-21)30(28-27-20)11-5-4-10-29-12-8-24-9-13-29/h6-7,14-15,24H,3-5,8-13,16H2,1-2H3,(H2,25,26,31). The number of hydrogen-bond donors (Lipinski definition) is 3. The van der Waals surface area contributed by atoms with Crippen molar-refractivity contribution in [3.63, 3.8) is 0 Å². The maximum atomic E-state index is 12.7. The zero-order valence-corrected chi connectivity index (χ0v) is 18.6. The van der Waals surface area contributed by atoms with E-state index in [0.29, 0.717) is 29.9 Å². The van der Waals surface area contributed by atoms with Crippen LogP contribution in [0.5, 0.6) is 0 Å². The van der Waals surface area contributed by atoms with Crippen molar-refractivity contribution < 1.29 is 0 Å². The average Bonchev–Trinajstić information content (AvgIpc) is 3.20. The summed E-state index contributed by atoms with van der Waals surface area (Å²) in [6, 6.07) is 8.36. The molecule has 3 aromatic rings. The van der Waals surface area contributed by atoms with Gasteiger partial charge in [0.15, 0.2) is 5.52 Å². The molecule has 1 aromatic carbocycles. The SMILES string of the molecule is CCc1cc(CNc2cc3nnn(CCCCN4CCNCC4)c3c(=O)[nH]2)ccc1C. The first-order valence-electron chi connectivity index (χ1n) is 11.4. The number of nitrogens with zero attached hydrogens (tertiary/aromatic N) is 4. The van der Waals surface area contributed by atoms with E-state index in [-0.39, 0.29) is 5.56 Å². The summed E-state index contributed by atoms with van der Waals surface area (Å²) >= 11 is 0. The van der Waals surface area contributed by atoms with E-state index in [1.54, 1.807) is 4.68 Å². The smallest absolute Gasteiger partial charge is 0.277 e. The first-order chi connectivity index (χ1) is 15.1. The summed E-state index contributed by atoms with van der Waals surface area (Å²) < 4.78 is 1.74. The van der Waals surface area contributed by atoms with Crippen molar-refractivity contribution in [2.45, 2.75) is 46.2 Å². The number of piperazine rings is 1. The molecule has 0 bridgehead atoms. The maximum Gasteiger partial charge on any atom is 0.277 e. The lowest BCUT2D eigenvalue weighted by Crippen LogP contribution is -2.43. The minimum Gasteiger partial charge on any atom is -0.367 e. The molecule has 0 atom stereocenters. The number of rotatable bonds is 9. The Morgan fingerprint density at radius 2 is 1.94 bits per heavy atom. The van der Waals surface area contributed by atoms with Gasteiger partial charge in [-0.3, -0.25) is 4.79 Å². The van der Waals surface area contributed by atoms with Gasteiger partial charge < -0.3 is 20.5 Å². The first-order valence-corrected chi connectivity index (χ1v) is 11.4. The molecule has 4 rings (SSSR count). The van der Waals surface area contributed by atoms with Gasteiger partial charge in [-0.2, -0.15) is 0 Å². The number of nitrogens with one attached hydrogen (secondary N) is 3. The molecular weight excluding hydrogens is 390 g/mol. The predicted molar refractivity (Wildman–Crippen MR) is 125 cm³/mol.